The molecule has 2 aliphatic rings. The molecule has 5 nitrogen and oxygen atoms in total. The Balaban J connectivity index is 2.08. The molecule has 2 atom stereocenters. The number of nitrogens with zero attached hydrogens (tertiary/aromatic N) is 1. The van der Waals surface area contributed by atoms with Crippen LogP contribution >= 0.6 is 0 Å². The zero-order valence-electron chi connectivity index (χ0n) is 10.7. The van der Waals surface area contributed by atoms with Gasteiger partial charge < -0.3 is 5.11 Å². The van der Waals surface area contributed by atoms with E-state index in [1.165, 1.54) is 4.31 Å². The monoisotopic (exact) mass is 275 g/mol. The number of sulfonamides is 1. The SMILES string of the molecule is C[C@@H]1[C@H](C(=O)O)CCCN1S(=O)(=O)CC1CCC1. The first-order valence-electron chi connectivity index (χ1n) is 6.64. The Morgan fingerprint density at radius 3 is 2.44 bits per heavy atom. The normalized spacial score (nSPS) is 30.9. The Hall–Kier alpha value is -0.620. The van der Waals surface area contributed by atoms with E-state index in [4.69, 9.17) is 5.11 Å². The van der Waals surface area contributed by atoms with Gasteiger partial charge in [-0.2, -0.15) is 4.31 Å². The number of hydrogen-bond acceptors (Lipinski definition) is 3. The average molecular weight is 275 g/mol. The van der Waals surface area contributed by atoms with Gasteiger partial charge in [0.05, 0.1) is 11.7 Å². The van der Waals surface area contributed by atoms with Crippen LogP contribution in [0.4, 0.5) is 0 Å². The highest BCUT2D eigenvalue weighted by molar-refractivity contribution is 7.89. The molecule has 6 heteroatoms. The van der Waals surface area contributed by atoms with Crippen LogP contribution in [0.2, 0.25) is 0 Å². The van der Waals surface area contributed by atoms with Crippen LogP contribution in [0.15, 0.2) is 0 Å². The van der Waals surface area contributed by atoms with Crippen LogP contribution in [0.1, 0.15) is 39.0 Å². The van der Waals surface area contributed by atoms with E-state index in [0.717, 1.165) is 19.3 Å². The quantitative estimate of drug-likeness (QED) is 0.839. The topological polar surface area (TPSA) is 74.7 Å². The summed E-state index contributed by atoms with van der Waals surface area (Å²) in [6.45, 7) is 2.19. The van der Waals surface area contributed by atoms with Crippen molar-refractivity contribution in [1.29, 1.82) is 0 Å². The van der Waals surface area contributed by atoms with Crippen LogP contribution < -0.4 is 0 Å². The Bertz CT molecular complexity index is 416. The zero-order chi connectivity index (χ0) is 13.3. The molecule has 0 radical (unpaired) electrons. The van der Waals surface area contributed by atoms with Crippen molar-refractivity contribution in [3.63, 3.8) is 0 Å². The molecule has 0 unspecified atom stereocenters. The summed E-state index contributed by atoms with van der Waals surface area (Å²) in [5, 5.41) is 9.11. The van der Waals surface area contributed by atoms with Crippen molar-refractivity contribution in [2.75, 3.05) is 12.3 Å². The van der Waals surface area contributed by atoms with E-state index in [2.05, 4.69) is 0 Å². The van der Waals surface area contributed by atoms with Gasteiger partial charge in [-0.25, -0.2) is 8.42 Å². The molecule has 1 heterocycles. The van der Waals surface area contributed by atoms with Gasteiger partial charge in [0.25, 0.3) is 0 Å². The van der Waals surface area contributed by atoms with Gasteiger partial charge in [0, 0.05) is 12.6 Å². The standard InChI is InChI=1S/C12H21NO4S/c1-9-11(12(14)15)6-3-7-13(9)18(16,17)8-10-4-2-5-10/h9-11H,2-8H2,1H3,(H,14,15)/t9-,11-/m1/s1. The molecule has 0 amide bonds. The van der Waals surface area contributed by atoms with E-state index < -0.39 is 28.0 Å². The fraction of sp³-hybridized carbons (Fsp3) is 0.917. The lowest BCUT2D eigenvalue weighted by molar-refractivity contribution is -0.144. The van der Waals surface area contributed by atoms with E-state index in [0.29, 0.717) is 19.4 Å². The molecule has 1 aliphatic heterocycles. The molecule has 1 aliphatic carbocycles. The molecule has 1 saturated carbocycles. The summed E-state index contributed by atoms with van der Waals surface area (Å²) in [5.41, 5.74) is 0. The second kappa shape index (κ2) is 5.17. The van der Waals surface area contributed by atoms with Gasteiger partial charge in [-0.15, -0.1) is 0 Å². The fourth-order valence-corrected chi connectivity index (χ4v) is 5.07. The number of hydrogen-bond donors (Lipinski definition) is 1. The Morgan fingerprint density at radius 2 is 1.94 bits per heavy atom. The molecule has 18 heavy (non-hydrogen) atoms. The molecular formula is C12H21NO4S. The highest BCUT2D eigenvalue weighted by Crippen LogP contribution is 2.32. The maximum Gasteiger partial charge on any atom is 0.308 e. The van der Waals surface area contributed by atoms with Gasteiger partial charge in [-0.1, -0.05) is 6.42 Å². The smallest absolute Gasteiger partial charge is 0.308 e. The summed E-state index contributed by atoms with van der Waals surface area (Å²) in [6.07, 6.45) is 4.32. The molecule has 2 rings (SSSR count). The third kappa shape index (κ3) is 2.69. The number of carboxylic acid groups (broad SMARTS) is 1. The molecule has 0 aromatic carbocycles. The van der Waals surface area contributed by atoms with Crippen LogP contribution in [0, 0.1) is 11.8 Å². The summed E-state index contributed by atoms with van der Waals surface area (Å²) in [5.74, 6) is -0.961. The highest BCUT2D eigenvalue weighted by atomic mass is 32.2. The van der Waals surface area contributed by atoms with Gasteiger partial charge in [-0.05, 0) is 38.5 Å². The molecule has 0 aromatic heterocycles. The third-order valence-corrected chi connectivity index (χ3v) is 6.40. The van der Waals surface area contributed by atoms with E-state index in [1.807, 2.05) is 0 Å². The number of carbonyl (C=O) groups is 1. The average Bonchev–Trinajstić information content (AvgIpc) is 2.23. The molecule has 2 fully saturated rings. The maximum atomic E-state index is 12.3. The zero-order valence-corrected chi connectivity index (χ0v) is 11.5. The van der Waals surface area contributed by atoms with E-state index in [1.54, 1.807) is 6.92 Å². The van der Waals surface area contributed by atoms with Crippen LogP contribution in [0.3, 0.4) is 0 Å². The second-order valence-corrected chi connectivity index (χ2v) is 7.48. The predicted molar refractivity (Wildman–Crippen MR) is 67.7 cm³/mol. The largest absolute Gasteiger partial charge is 0.481 e. The van der Waals surface area contributed by atoms with Gasteiger partial charge in [0.15, 0.2) is 0 Å². The summed E-state index contributed by atoms with van der Waals surface area (Å²) >= 11 is 0. The second-order valence-electron chi connectivity index (χ2n) is 5.51. The summed E-state index contributed by atoms with van der Waals surface area (Å²) in [6, 6.07) is -0.415. The predicted octanol–water partition coefficient (Wildman–Crippen LogP) is 1.30. The number of rotatable bonds is 4. The molecule has 104 valence electrons. The minimum Gasteiger partial charge on any atom is -0.481 e. The van der Waals surface area contributed by atoms with Crippen molar-refractivity contribution in [2.45, 2.75) is 45.1 Å². The van der Waals surface area contributed by atoms with E-state index in [-0.39, 0.29) is 11.7 Å². The van der Waals surface area contributed by atoms with Crippen LogP contribution in [0.5, 0.6) is 0 Å². The lowest BCUT2D eigenvalue weighted by Crippen LogP contribution is -2.50. The first-order valence-corrected chi connectivity index (χ1v) is 8.25. The summed E-state index contributed by atoms with van der Waals surface area (Å²) in [7, 11) is -3.29. The number of aliphatic carboxylic acids is 1. The fourth-order valence-electron chi connectivity index (χ4n) is 2.89. The minimum absolute atomic E-state index is 0.198. The molecule has 0 aromatic rings. The van der Waals surface area contributed by atoms with Gasteiger partial charge in [0.2, 0.25) is 10.0 Å². The summed E-state index contributed by atoms with van der Waals surface area (Å²) < 4.78 is 26.0. The molecule has 0 bridgehead atoms. The Labute approximate surface area is 108 Å². The van der Waals surface area contributed by atoms with Crippen LogP contribution in [-0.2, 0) is 14.8 Å². The third-order valence-electron chi connectivity index (χ3n) is 4.28. The van der Waals surface area contributed by atoms with E-state index in [9.17, 15) is 13.2 Å². The highest BCUT2D eigenvalue weighted by Gasteiger charge is 2.40. The lowest BCUT2D eigenvalue weighted by atomic mass is 9.87. The molecule has 0 spiro atoms. The van der Waals surface area contributed by atoms with E-state index >= 15 is 0 Å². The molecular weight excluding hydrogens is 254 g/mol. The lowest BCUT2D eigenvalue weighted by Gasteiger charge is -2.38. The number of piperidine rings is 1. The van der Waals surface area contributed by atoms with Gasteiger partial charge in [-0.3, -0.25) is 4.79 Å². The summed E-state index contributed by atoms with van der Waals surface area (Å²) in [4.78, 5) is 11.1. The van der Waals surface area contributed by atoms with Crippen LogP contribution in [-0.4, -0.2) is 42.1 Å². The van der Waals surface area contributed by atoms with Crippen molar-refractivity contribution < 1.29 is 18.3 Å². The maximum absolute atomic E-state index is 12.3. The first kappa shape index (κ1) is 13.8. The van der Waals surface area contributed by atoms with Gasteiger partial charge in [0.1, 0.15) is 0 Å². The van der Waals surface area contributed by atoms with Crippen molar-refractivity contribution in [1.82, 2.24) is 4.31 Å². The van der Waals surface area contributed by atoms with Crippen molar-refractivity contribution in [3.8, 4) is 0 Å². The Morgan fingerprint density at radius 1 is 1.28 bits per heavy atom. The van der Waals surface area contributed by atoms with Crippen molar-refractivity contribution >= 4 is 16.0 Å². The van der Waals surface area contributed by atoms with Crippen molar-refractivity contribution in [3.05, 3.63) is 0 Å². The first-order chi connectivity index (χ1) is 8.42. The minimum atomic E-state index is -3.29. The molecule has 1 saturated heterocycles. The Kier molecular flexibility index (Phi) is 3.96. The number of carboxylic acids is 1. The van der Waals surface area contributed by atoms with Gasteiger partial charge >= 0.3 is 5.97 Å². The van der Waals surface area contributed by atoms with Crippen LogP contribution in [0.25, 0.3) is 0 Å². The van der Waals surface area contributed by atoms with Crippen molar-refractivity contribution in [2.24, 2.45) is 11.8 Å². The molecule has 1 N–H and O–H groups in total.